The van der Waals surface area contributed by atoms with Gasteiger partial charge in [-0.05, 0) is 19.3 Å². The van der Waals surface area contributed by atoms with E-state index in [4.69, 9.17) is 5.73 Å². The Balaban J connectivity index is 1.68. The van der Waals surface area contributed by atoms with Gasteiger partial charge in [-0.15, -0.1) is 0 Å². The number of aliphatic hydroxyl groups is 1. The number of nitrogens with zero attached hydrogens (tertiary/aromatic N) is 3. The van der Waals surface area contributed by atoms with E-state index in [9.17, 15) is 9.90 Å². The summed E-state index contributed by atoms with van der Waals surface area (Å²) in [5.41, 5.74) is 6.26. The first kappa shape index (κ1) is 14.5. The fourth-order valence-corrected chi connectivity index (χ4v) is 3.71. The fraction of sp³-hybridized carbons (Fsp3) is 0.733. The van der Waals surface area contributed by atoms with E-state index < -0.39 is 11.6 Å². The van der Waals surface area contributed by atoms with E-state index in [1.807, 2.05) is 11.9 Å². The minimum absolute atomic E-state index is 0.0596. The van der Waals surface area contributed by atoms with Crippen LogP contribution in [0.4, 0.5) is 0 Å². The molecule has 116 valence electrons. The lowest BCUT2D eigenvalue weighted by Crippen LogP contribution is -2.55. The van der Waals surface area contributed by atoms with Crippen LogP contribution in [0.1, 0.15) is 43.7 Å². The Morgan fingerprint density at radius 3 is 3.05 bits per heavy atom. The first-order valence-corrected chi connectivity index (χ1v) is 7.75. The smallest absolute Gasteiger partial charge is 0.244 e. The van der Waals surface area contributed by atoms with Crippen molar-refractivity contribution < 1.29 is 9.90 Å². The molecular weight excluding hydrogens is 268 g/mol. The average Bonchev–Trinajstić information content (AvgIpc) is 2.91. The first-order chi connectivity index (χ1) is 9.99. The molecule has 3 rings (SSSR count). The number of amides is 1. The lowest BCUT2D eigenvalue weighted by molar-refractivity contribution is -0.144. The molecule has 3 atom stereocenters. The zero-order valence-corrected chi connectivity index (χ0v) is 12.5. The topological polar surface area (TPSA) is 84.4 Å². The molecule has 1 aromatic rings. The number of aromatic nitrogens is 2. The van der Waals surface area contributed by atoms with Crippen molar-refractivity contribution >= 4 is 5.91 Å². The number of carbonyl (C=O) groups is 1. The Labute approximate surface area is 124 Å². The third-order valence-electron chi connectivity index (χ3n) is 5.09. The van der Waals surface area contributed by atoms with Gasteiger partial charge in [0, 0.05) is 37.8 Å². The number of aryl methyl sites for hydroxylation is 1. The minimum atomic E-state index is -0.659. The molecule has 0 aromatic carbocycles. The van der Waals surface area contributed by atoms with Crippen molar-refractivity contribution in [3.05, 3.63) is 18.0 Å². The average molecular weight is 292 g/mol. The second-order valence-corrected chi connectivity index (χ2v) is 6.51. The molecule has 6 nitrogen and oxygen atoms in total. The number of hydrogen-bond donors (Lipinski definition) is 2. The van der Waals surface area contributed by atoms with Crippen LogP contribution in [0, 0.1) is 5.92 Å². The summed E-state index contributed by atoms with van der Waals surface area (Å²) >= 11 is 0. The van der Waals surface area contributed by atoms with Gasteiger partial charge < -0.3 is 15.7 Å². The summed E-state index contributed by atoms with van der Waals surface area (Å²) in [4.78, 5) is 14.4. The van der Waals surface area contributed by atoms with E-state index in [-0.39, 0.29) is 11.8 Å². The second-order valence-electron chi connectivity index (χ2n) is 6.51. The summed E-state index contributed by atoms with van der Waals surface area (Å²) in [6.07, 6.45) is 8.20. The molecule has 1 saturated carbocycles. The van der Waals surface area contributed by atoms with E-state index in [0.717, 1.165) is 31.2 Å². The summed E-state index contributed by atoms with van der Waals surface area (Å²) in [6, 6.07) is -0.659. The maximum absolute atomic E-state index is 12.6. The molecule has 2 heterocycles. The number of hydrogen-bond acceptors (Lipinski definition) is 4. The minimum Gasteiger partial charge on any atom is -0.389 e. The van der Waals surface area contributed by atoms with Crippen LogP contribution in [0.25, 0.3) is 0 Å². The molecule has 6 heteroatoms. The number of likely N-dealkylation sites (tertiary alicyclic amines) is 1. The zero-order valence-electron chi connectivity index (χ0n) is 12.5. The third-order valence-corrected chi connectivity index (χ3v) is 5.09. The summed E-state index contributed by atoms with van der Waals surface area (Å²) in [7, 11) is 1.81. The van der Waals surface area contributed by atoms with Crippen LogP contribution in [-0.2, 0) is 11.8 Å². The molecule has 2 fully saturated rings. The molecule has 0 bridgehead atoms. The van der Waals surface area contributed by atoms with Gasteiger partial charge in [0.1, 0.15) is 6.04 Å². The Morgan fingerprint density at radius 1 is 1.52 bits per heavy atom. The maximum Gasteiger partial charge on any atom is 0.244 e. The molecule has 1 aliphatic heterocycles. The van der Waals surface area contributed by atoms with E-state index in [1.165, 1.54) is 0 Å². The van der Waals surface area contributed by atoms with Crippen molar-refractivity contribution in [3.8, 4) is 0 Å². The Kier molecular flexibility index (Phi) is 3.75. The number of carbonyl (C=O) groups excluding carboxylic acids is 1. The zero-order chi connectivity index (χ0) is 15.0. The highest BCUT2D eigenvalue weighted by molar-refractivity contribution is 5.83. The van der Waals surface area contributed by atoms with Gasteiger partial charge in [0.2, 0.25) is 5.91 Å². The summed E-state index contributed by atoms with van der Waals surface area (Å²) < 4.78 is 1.65. The molecular formula is C15H24N4O2. The van der Waals surface area contributed by atoms with Crippen molar-refractivity contribution in [2.75, 3.05) is 13.1 Å². The van der Waals surface area contributed by atoms with Crippen molar-refractivity contribution in [3.63, 3.8) is 0 Å². The van der Waals surface area contributed by atoms with Gasteiger partial charge in [-0.1, -0.05) is 12.8 Å². The van der Waals surface area contributed by atoms with Crippen LogP contribution in [-0.4, -0.2) is 44.4 Å². The fourth-order valence-electron chi connectivity index (χ4n) is 3.71. The lowest BCUT2D eigenvalue weighted by atomic mass is 9.71. The predicted octanol–water partition coefficient (Wildman–Crippen LogP) is 0.573. The third kappa shape index (κ3) is 2.70. The second kappa shape index (κ2) is 5.42. The van der Waals surface area contributed by atoms with Gasteiger partial charge in [-0.2, -0.15) is 5.10 Å². The van der Waals surface area contributed by atoms with Crippen LogP contribution in [0.2, 0.25) is 0 Å². The predicted molar refractivity (Wildman–Crippen MR) is 78.2 cm³/mol. The van der Waals surface area contributed by atoms with Crippen LogP contribution >= 0.6 is 0 Å². The van der Waals surface area contributed by atoms with Gasteiger partial charge >= 0.3 is 0 Å². The van der Waals surface area contributed by atoms with Crippen LogP contribution in [0.5, 0.6) is 0 Å². The molecule has 1 aromatic heterocycles. The maximum atomic E-state index is 12.6. The lowest BCUT2D eigenvalue weighted by Gasteiger charge is -2.47. The SMILES string of the molecule is Cn1cc(C(N)C(=O)N2CCC3(O)CCCCC3C2)cn1. The summed E-state index contributed by atoms with van der Waals surface area (Å²) in [5, 5.41) is 14.7. The van der Waals surface area contributed by atoms with Gasteiger partial charge in [0.15, 0.2) is 0 Å². The number of rotatable bonds is 2. The molecule has 0 spiro atoms. The number of piperidine rings is 1. The monoisotopic (exact) mass is 292 g/mol. The molecule has 1 aliphatic carbocycles. The van der Waals surface area contributed by atoms with Crippen molar-refractivity contribution in [1.82, 2.24) is 14.7 Å². The molecule has 1 saturated heterocycles. The first-order valence-electron chi connectivity index (χ1n) is 7.75. The van der Waals surface area contributed by atoms with Gasteiger partial charge in [0.05, 0.1) is 11.8 Å². The normalized spacial score (nSPS) is 30.8. The largest absolute Gasteiger partial charge is 0.389 e. The number of fused-ring (bicyclic) bond motifs is 1. The molecule has 0 radical (unpaired) electrons. The van der Waals surface area contributed by atoms with E-state index in [1.54, 1.807) is 17.1 Å². The number of nitrogens with two attached hydrogens (primary N) is 1. The van der Waals surface area contributed by atoms with Crippen molar-refractivity contribution in [1.29, 1.82) is 0 Å². The molecule has 3 unspecified atom stereocenters. The molecule has 3 N–H and O–H groups in total. The van der Waals surface area contributed by atoms with Gasteiger partial charge in [0.25, 0.3) is 0 Å². The summed E-state index contributed by atoms with van der Waals surface area (Å²) in [6.45, 7) is 1.23. The highest BCUT2D eigenvalue weighted by Gasteiger charge is 2.44. The van der Waals surface area contributed by atoms with E-state index in [0.29, 0.717) is 19.5 Å². The Bertz CT molecular complexity index is 529. The Hall–Kier alpha value is -1.40. The molecule has 21 heavy (non-hydrogen) atoms. The standard InChI is InChI=1S/C15H24N4O2/c1-18-9-11(8-17-18)13(16)14(20)19-7-6-15(21)5-3-2-4-12(15)10-19/h8-9,12-13,21H,2-7,10,16H2,1H3. The van der Waals surface area contributed by atoms with E-state index in [2.05, 4.69) is 5.10 Å². The quantitative estimate of drug-likeness (QED) is 0.835. The van der Waals surface area contributed by atoms with Crippen LogP contribution in [0.3, 0.4) is 0 Å². The summed E-state index contributed by atoms with van der Waals surface area (Å²) in [5.74, 6) is 0.140. The van der Waals surface area contributed by atoms with E-state index >= 15 is 0 Å². The van der Waals surface area contributed by atoms with Crippen LogP contribution < -0.4 is 5.73 Å². The van der Waals surface area contributed by atoms with Gasteiger partial charge in [-0.25, -0.2) is 0 Å². The van der Waals surface area contributed by atoms with Crippen molar-refractivity contribution in [2.45, 2.75) is 43.7 Å². The van der Waals surface area contributed by atoms with Crippen molar-refractivity contribution in [2.24, 2.45) is 18.7 Å². The van der Waals surface area contributed by atoms with Crippen LogP contribution in [0.15, 0.2) is 12.4 Å². The highest BCUT2D eigenvalue weighted by Crippen LogP contribution is 2.40. The molecule has 1 amide bonds. The highest BCUT2D eigenvalue weighted by atomic mass is 16.3. The van der Waals surface area contributed by atoms with Gasteiger partial charge in [-0.3, -0.25) is 9.48 Å². The Morgan fingerprint density at radius 2 is 2.33 bits per heavy atom. The molecule has 2 aliphatic rings.